The van der Waals surface area contributed by atoms with Gasteiger partial charge in [0.15, 0.2) is 17.3 Å². The zero-order chi connectivity index (χ0) is 13.6. The van der Waals surface area contributed by atoms with Gasteiger partial charge in [0.05, 0.1) is 5.52 Å². The van der Waals surface area contributed by atoms with Gasteiger partial charge in [-0.05, 0) is 6.07 Å². The normalized spacial score (nSPS) is 11.1. The Kier molecular flexibility index (Phi) is 2.41. The SMILES string of the molecule is CC(=O)c1nnc(C(C)=O)c2c1[nH]c1ccccc12. The molecule has 3 rings (SSSR count). The molecule has 1 aromatic carbocycles. The van der Waals surface area contributed by atoms with E-state index in [-0.39, 0.29) is 23.0 Å². The van der Waals surface area contributed by atoms with Crippen molar-refractivity contribution in [2.24, 2.45) is 0 Å². The largest absolute Gasteiger partial charge is 0.353 e. The Labute approximate surface area is 108 Å². The molecule has 0 radical (unpaired) electrons. The second kappa shape index (κ2) is 3.98. The number of carbonyl (C=O) groups excluding carboxylic acids is 2. The van der Waals surface area contributed by atoms with Crippen molar-refractivity contribution in [3.63, 3.8) is 0 Å². The van der Waals surface area contributed by atoms with Gasteiger partial charge in [0.2, 0.25) is 0 Å². The van der Waals surface area contributed by atoms with E-state index in [1.54, 1.807) is 0 Å². The zero-order valence-corrected chi connectivity index (χ0v) is 10.5. The number of nitrogens with zero attached hydrogens (tertiary/aromatic N) is 2. The summed E-state index contributed by atoms with van der Waals surface area (Å²) in [6.07, 6.45) is 0. The number of aromatic nitrogens is 3. The third-order valence-corrected chi connectivity index (χ3v) is 3.10. The molecule has 0 aliphatic carbocycles. The van der Waals surface area contributed by atoms with Gasteiger partial charge in [-0.15, -0.1) is 10.2 Å². The highest BCUT2D eigenvalue weighted by atomic mass is 16.1. The fraction of sp³-hybridized carbons (Fsp3) is 0.143. The lowest BCUT2D eigenvalue weighted by Crippen LogP contribution is -2.06. The number of Topliss-reactive ketones (excluding diaryl/α,β-unsaturated/α-hetero) is 2. The van der Waals surface area contributed by atoms with Crippen LogP contribution in [-0.4, -0.2) is 26.7 Å². The number of fused-ring (bicyclic) bond motifs is 3. The Hall–Kier alpha value is -2.56. The molecule has 0 aliphatic heterocycles. The maximum atomic E-state index is 11.7. The highest BCUT2D eigenvalue weighted by Crippen LogP contribution is 2.28. The maximum absolute atomic E-state index is 11.7. The van der Waals surface area contributed by atoms with Crippen LogP contribution in [0.5, 0.6) is 0 Å². The number of benzene rings is 1. The lowest BCUT2D eigenvalue weighted by Gasteiger charge is -2.01. The predicted molar refractivity (Wildman–Crippen MR) is 71.4 cm³/mol. The van der Waals surface area contributed by atoms with E-state index in [0.29, 0.717) is 10.9 Å². The molecule has 0 atom stereocenters. The van der Waals surface area contributed by atoms with Crippen LogP contribution in [0.3, 0.4) is 0 Å². The van der Waals surface area contributed by atoms with Gasteiger partial charge in [-0.3, -0.25) is 9.59 Å². The zero-order valence-electron chi connectivity index (χ0n) is 10.5. The van der Waals surface area contributed by atoms with Gasteiger partial charge in [0.1, 0.15) is 5.69 Å². The van der Waals surface area contributed by atoms with Gasteiger partial charge < -0.3 is 4.98 Å². The summed E-state index contributed by atoms with van der Waals surface area (Å²) in [5.74, 6) is -0.350. The van der Waals surface area contributed by atoms with Crippen LogP contribution in [0.15, 0.2) is 24.3 Å². The molecule has 0 amide bonds. The Morgan fingerprint density at radius 1 is 1.00 bits per heavy atom. The quantitative estimate of drug-likeness (QED) is 0.712. The Morgan fingerprint density at radius 2 is 1.63 bits per heavy atom. The molecule has 5 heteroatoms. The summed E-state index contributed by atoms with van der Waals surface area (Å²) in [6, 6.07) is 7.56. The first kappa shape index (κ1) is 11.5. The van der Waals surface area contributed by atoms with Crippen molar-refractivity contribution in [1.29, 1.82) is 0 Å². The van der Waals surface area contributed by atoms with E-state index < -0.39 is 0 Å². The molecule has 2 heterocycles. The van der Waals surface area contributed by atoms with Crippen LogP contribution in [0.25, 0.3) is 21.8 Å². The lowest BCUT2D eigenvalue weighted by atomic mass is 10.1. The van der Waals surface area contributed by atoms with Gasteiger partial charge >= 0.3 is 0 Å². The Morgan fingerprint density at radius 3 is 2.32 bits per heavy atom. The molecule has 0 saturated carbocycles. The molecule has 0 unspecified atom stereocenters. The van der Waals surface area contributed by atoms with Crippen molar-refractivity contribution in [2.45, 2.75) is 13.8 Å². The minimum atomic E-state index is -0.181. The first-order valence-electron chi connectivity index (χ1n) is 5.88. The van der Waals surface area contributed by atoms with E-state index in [1.807, 2.05) is 24.3 Å². The Bertz CT molecular complexity index is 833. The van der Waals surface area contributed by atoms with Gasteiger partial charge in [-0.25, -0.2) is 0 Å². The van der Waals surface area contributed by atoms with Gasteiger partial charge in [0, 0.05) is 30.1 Å². The number of hydrogen-bond donors (Lipinski definition) is 1. The standard InChI is InChI=1S/C14H11N3O2/c1-7(18)12-11-9-5-3-4-6-10(9)15-14(11)13(8(2)19)17-16-12/h3-6,15H,1-2H3. The topological polar surface area (TPSA) is 75.7 Å². The summed E-state index contributed by atoms with van der Waals surface area (Å²) in [6.45, 7) is 2.88. The van der Waals surface area contributed by atoms with Crippen LogP contribution < -0.4 is 0 Å². The summed E-state index contributed by atoms with van der Waals surface area (Å²) in [4.78, 5) is 26.4. The van der Waals surface area contributed by atoms with Crippen LogP contribution in [0, 0.1) is 0 Å². The van der Waals surface area contributed by atoms with E-state index in [4.69, 9.17) is 0 Å². The number of para-hydroxylation sites is 1. The third-order valence-electron chi connectivity index (χ3n) is 3.10. The van der Waals surface area contributed by atoms with Crippen molar-refractivity contribution in [3.05, 3.63) is 35.7 Å². The number of nitrogens with one attached hydrogen (secondary N) is 1. The summed E-state index contributed by atoms with van der Waals surface area (Å²) in [5, 5.41) is 9.33. The van der Waals surface area contributed by atoms with Crippen molar-refractivity contribution in [1.82, 2.24) is 15.2 Å². The fourth-order valence-electron chi connectivity index (χ4n) is 2.26. The van der Waals surface area contributed by atoms with E-state index in [1.165, 1.54) is 13.8 Å². The number of ketones is 2. The summed E-state index contributed by atoms with van der Waals surface area (Å²) in [5.41, 5.74) is 1.99. The van der Waals surface area contributed by atoms with Crippen molar-refractivity contribution < 1.29 is 9.59 Å². The molecule has 94 valence electrons. The molecular formula is C14H11N3O2. The molecule has 0 saturated heterocycles. The number of hydrogen-bond acceptors (Lipinski definition) is 4. The van der Waals surface area contributed by atoms with Crippen LogP contribution >= 0.6 is 0 Å². The monoisotopic (exact) mass is 253 g/mol. The van der Waals surface area contributed by atoms with Gasteiger partial charge in [-0.2, -0.15) is 0 Å². The van der Waals surface area contributed by atoms with Gasteiger partial charge in [-0.1, -0.05) is 18.2 Å². The predicted octanol–water partition coefficient (Wildman–Crippen LogP) is 2.52. The highest BCUT2D eigenvalue weighted by Gasteiger charge is 2.19. The van der Waals surface area contributed by atoms with Crippen molar-refractivity contribution >= 4 is 33.4 Å². The maximum Gasteiger partial charge on any atom is 0.182 e. The van der Waals surface area contributed by atoms with Crippen LogP contribution in [0.2, 0.25) is 0 Å². The number of H-pyrrole nitrogens is 1. The molecule has 3 aromatic rings. The Balaban J connectivity index is 2.58. The fourth-order valence-corrected chi connectivity index (χ4v) is 2.26. The van der Waals surface area contributed by atoms with E-state index >= 15 is 0 Å². The number of aromatic amines is 1. The van der Waals surface area contributed by atoms with Crippen LogP contribution in [0.4, 0.5) is 0 Å². The van der Waals surface area contributed by atoms with Crippen LogP contribution in [0.1, 0.15) is 34.8 Å². The average molecular weight is 253 g/mol. The average Bonchev–Trinajstić information content (AvgIpc) is 2.76. The van der Waals surface area contributed by atoms with E-state index in [9.17, 15) is 9.59 Å². The minimum absolute atomic E-state index is 0.169. The summed E-state index contributed by atoms with van der Waals surface area (Å²) < 4.78 is 0. The second-order valence-corrected chi connectivity index (χ2v) is 4.43. The highest BCUT2D eigenvalue weighted by molar-refractivity contribution is 6.20. The number of carbonyl (C=O) groups is 2. The van der Waals surface area contributed by atoms with E-state index in [2.05, 4.69) is 15.2 Å². The molecular weight excluding hydrogens is 242 g/mol. The molecule has 0 bridgehead atoms. The summed E-state index contributed by atoms with van der Waals surface area (Å²) in [7, 11) is 0. The second-order valence-electron chi connectivity index (χ2n) is 4.43. The molecule has 0 aliphatic rings. The van der Waals surface area contributed by atoms with Gasteiger partial charge in [0.25, 0.3) is 0 Å². The first-order chi connectivity index (χ1) is 9.09. The molecule has 0 spiro atoms. The molecule has 1 N–H and O–H groups in total. The van der Waals surface area contributed by atoms with Crippen molar-refractivity contribution in [3.8, 4) is 0 Å². The molecule has 5 nitrogen and oxygen atoms in total. The van der Waals surface area contributed by atoms with Crippen LogP contribution in [-0.2, 0) is 0 Å². The first-order valence-corrected chi connectivity index (χ1v) is 5.88. The molecule has 19 heavy (non-hydrogen) atoms. The lowest BCUT2D eigenvalue weighted by molar-refractivity contribution is 0.0995. The minimum Gasteiger partial charge on any atom is -0.353 e. The summed E-state index contributed by atoms with van der Waals surface area (Å²) >= 11 is 0. The van der Waals surface area contributed by atoms with E-state index in [0.717, 1.165) is 10.9 Å². The molecule has 2 aromatic heterocycles. The molecule has 0 fully saturated rings. The van der Waals surface area contributed by atoms with Crippen molar-refractivity contribution in [2.75, 3.05) is 0 Å². The third kappa shape index (κ3) is 1.62. The smallest absolute Gasteiger partial charge is 0.182 e. The number of rotatable bonds is 2.